The Balaban J connectivity index is 0.00000140. The number of ether oxygens (including phenoxy) is 1. The van der Waals surface area contributed by atoms with Gasteiger partial charge in [-0.15, -0.1) is 24.8 Å². The van der Waals surface area contributed by atoms with Gasteiger partial charge in [-0.05, 0) is 12.8 Å². The number of halogens is 2. The number of likely N-dealkylation sites (tertiary alicyclic amines) is 1. The van der Waals surface area contributed by atoms with Gasteiger partial charge < -0.3 is 24.8 Å². The van der Waals surface area contributed by atoms with Gasteiger partial charge in [-0.3, -0.25) is 9.59 Å². The lowest BCUT2D eigenvalue weighted by Gasteiger charge is -2.50. The van der Waals surface area contributed by atoms with E-state index in [-0.39, 0.29) is 42.2 Å². The van der Waals surface area contributed by atoms with Crippen molar-refractivity contribution in [3.63, 3.8) is 0 Å². The second-order valence-corrected chi connectivity index (χ2v) is 7.30. The summed E-state index contributed by atoms with van der Waals surface area (Å²) >= 11 is 0. The summed E-state index contributed by atoms with van der Waals surface area (Å²) in [5.74, 6) is 0.219. The van der Waals surface area contributed by atoms with Gasteiger partial charge >= 0.3 is 0 Å². The largest absolute Gasteiger partial charge is 0.366 e. The number of nitrogens with zero attached hydrogens (tertiary/aromatic N) is 3. The molecule has 0 aliphatic carbocycles. The molecule has 1 unspecified atom stereocenters. The van der Waals surface area contributed by atoms with E-state index in [9.17, 15) is 9.59 Å². The smallest absolute Gasteiger partial charge is 0.253 e. The molecule has 8 nitrogen and oxygen atoms in total. The van der Waals surface area contributed by atoms with Crippen molar-refractivity contribution >= 4 is 36.6 Å². The first kappa shape index (κ1) is 22.9. The highest BCUT2D eigenvalue weighted by Gasteiger charge is 2.49. The molecule has 0 aromatic carbocycles. The van der Waals surface area contributed by atoms with Gasteiger partial charge in [0.1, 0.15) is 6.10 Å². The van der Waals surface area contributed by atoms with Crippen molar-refractivity contribution in [3.05, 3.63) is 17.7 Å². The Morgan fingerprint density at radius 1 is 1.29 bits per heavy atom. The van der Waals surface area contributed by atoms with E-state index in [0.29, 0.717) is 39.2 Å². The number of carbonyl (C=O) groups excluding carboxylic acids is 2. The van der Waals surface area contributed by atoms with Crippen LogP contribution in [0.4, 0.5) is 0 Å². The molecule has 1 aromatic rings. The van der Waals surface area contributed by atoms with Crippen LogP contribution in [-0.2, 0) is 26.3 Å². The number of hydrogen-bond donors (Lipinski definition) is 2. The number of hydrogen-bond acceptors (Lipinski definition) is 5. The van der Waals surface area contributed by atoms with Crippen LogP contribution >= 0.6 is 24.8 Å². The van der Waals surface area contributed by atoms with Gasteiger partial charge in [-0.25, -0.2) is 4.98 Å². The van der Waals surface area contributed by atoms with Crippen LogP contribution in [0.3, 0.4) is 0 Å². The molecule has 158 valence electrons. The maximum Gasteiger partial charge on any atom is 0.253 e. The molecule has 4 rings (SSSR count). The summed E-state index contributed by atoms with van der Waals surface area (Å²) in [6.45, 7) is 5.81. The molecule has 3 aliphatic rings. The Labute approximate surface area is 177 Å². The molecule has 1 spiro atoms. The normalized spacial score (nSPS) is 23.4. The Hall–Kier alpha value is -1.35. The van der Waals surface area contributed by atoms with Gasteiger partial charge in [-0.2, -0.15) is 0 Å². The van der Waals surface area contributed by atoms with Crippen molar-refractivity contribution in [2.75, 3.05) is 39.3 Å². The second-order valence-electron chi connectivity index (χ2n) is 7.30. The first-order valence-corrected chi connectivity index (χ1v) is 9.60. The summed E-state index contributed by atoms with van der Waals surface area (Å²) in [5, 5.41) is 3.21. The number of nitrogens with one attached hydrogen (secondary N) is 2. The maximum absolute atomic E-state index is 12.8. The van der Waals surface area contributed by atoms with Gasteiger partial charge in [0, 0.05) is 51.3 Å². The molecule has 0 radical (unpaired) electrons. The molecule has 28 heavy (non-hydrogen) atoms. The summed E-state index contributed by atoms with van der Waals surface area (Å²) in [5.41, 5.74) is 1.74. The number of H-pyrrole nitrogens is 1. The van der Waals surface area contributed by atoms with Crippen LogP contribution in [0.15, 0.2) is 6.33 Å². The average Bonchev–Trinajstić information content (AvgIpc) is 3.18. The summed E-state index contributed by atoms with van der Waals surface area (Å²) in [4.78, 5) is 37.1. The fraction of sp³-hybridized carbons (Fsp3) is 0.722. The Morgan fingerprint density at radius 3 is 2.68 bits per heavy atom. The Morgan fingerprint density at radius 2 is 2.04 bits per heavy atom. The van der Waals surface area contributed by atoms with E-state index in [1.54, 1.807) is 6.33 Å². The standard InChI is InChI=1S/C18H27N5O3.2ClH/c1-2-15(24)23-7-3-13-16(21-12-20-13)18(23)4-8-22(9-5-18)17(25)14-11-19-6-10-26-14;;/h12,14,19H,2-11H2,1H3,(H,20,21);2*1H. The maximum atomic E-state index is 12.8. The third kappa shape index (κ3) is 3.87. The van der Waals surface area contributed by atoms with Gasteiger partial charge in [0.05, 0.1) is 24.2 Å². The first-order valence-electron chi connectivity index (χ1n) is 9.60. The van der Waals surface area contributed by atoms with E-state index in [0.717, 1.165) is 37.2 Å². The van der Waals surface area contributed by atoms with Crippen molar-refractivity contribution in [3.8, 4) is 0 Å². The monoisotopic (exact) mass is 433 g/mol. The SMILES string of the molecule is CCC(=O)N1CCc2[nH]cnc2C12CCN(C(=O)C1CNCCO1)CC2.Cl.Cl. The predicted octanol–water partition coefficient (Wildman–Crippen LogP) is 0.854. The number of piperidine rings is 1. The first-order chi connectivity index (χ1) is 12.7. The third-order valence-corrected chi connectivity index (χ3v) is 5.97. The van der Waals surface area contributed by atoms with Crippen LogP contribution < -0.4 is 5.32 Å². The van der Waals surface area contributed by atoms with Gasteiger partial charge in [0.15, 0.2) is 0 Å². The molecule has 2 N–H and O–H groups in total. The Kier molecular flexibility index (Phi) is 7.73. The van der Waals surface area contributed by atoms with Crippen molar-refractivity contribution in [1.82, 2.24) is 25.1 Å². The van der Waals surface area contributed by atoms with Crippen LogP contribution in [0, 0.1) is 0 Å². The lowest BCUT2D eigenvalue weighted by Crippen LogP contribution is -2.60. The zero-order chi connectivity index (χ0) is 18.1. The summed E-state index contributed by atoms with van der Waals surface area (Å²) in [6, 6.07) is 0. The number of carbonyl (C=O) groups is 2. The molecular weight excluding hydrogens is 405 g/mol. The average molecular weight is 434 g/mol. The van der Waals surface area contributed by atoms with Crippen LogP contribution in [-0.4, -0.2) is 77.0 Å². The molecule has 2 saturated heterocycles. The number of aromatic amines is 1. The van der Waals surface area contributed by atoms with Crippen molar-refractivity contribution < 1.29 is 14.3 Å². The quantitative estimate of drug-likeness (QED) is 0.721. The number of fused-ring (bicyclic) bond motifs is 2. The topological polar surface area (TPSA) is 90.6 Å². The molecule has 2 fully saturated rings. The van der Waals surface area contributed by atoms with Gasteiger partial charge in [0.25, 0.3) is 5.91 Å². The zero-order valence-corrected chi connectivity index (χ0v) is 17.7. The molecule has 2 amide bonds. The minimum absolute atomic E-state index is 0. The van der Waals surface area contributed by atoms with Crippen LogP contribution in [0.25, 0.3) is 0 Å². The molecule has 1 atom stereocenters. The van der Waals surface area contributed by atoms with Crippen molar-refractivity contribution in [2.24, 2.45) is 0 Å². The number of amides is 2. The van der Waals surface area contributed by atoms with Crippen LogP contribution in [0.1, 0.15) is 37.6 Å². The molecule has 4 heterocycles. The highest BCUT2D eigenvalue weighted by molar-refractivity contribution is 5.85. The zero-order valence-electron chi connectivity index (χ0n) is 16.1. The van der Waals surface area contributed by atoms with Crippen LogP contribution in [0.5, 0.6) is 0 Å². The summed E-state index contributed by atoms with van der Waals surface area (Å²) < 4.78 is 5.61. The molecule has 0 saturated carbocycles. The van der Waals surface area contributed by atoms with E-state index in [4.69, 9.17) is 4.74 Å². The number of morpholine rings is 1. The highest BCUT2D eigenvalue weighted by Crippen LogP contribution is 2.42. The Bertz CT molecular complexity index is 685. The van der Waals surface area contributed by atoms with Gasteiger partial charge in [-0.1, -0.05) is 6.92 Å². The minimum atomic E-state index is -0.390. The number of rotatable bonds is 2. The van der Waals surface area contributed by atoms with E-state index in [1.807, 2.05) is 16.7 Å². The second kappa shape index (κ2) is 9.43. The van der Waals surface area contributed by atoms with Crippen molar-refractivity contribution in [2.45, 2.75) is 44.2 Å². The lowest BCUT2D eigenvalue weighted by atomic mass is 9.78. The fourth-order valence-corrected chi connectivity index (χ4v) is 4.56. The number of aromatic nitrogens is 2. The summed E-state index contributed by atoms with van der Waals surface area (Å²) in [6.07, 6.45) is 4.09. The van der Waals surface area contributed by atoms with Crippen LogP contribution in [0.2, 0.25) is 0 Å². The van der Waals surface area contributed by atoms with Crippen molar-refractivity contribution in [1.29, 1.82) is 0 Å². The summed E-state index contributed by atoms with van der Waals surface area (Å²) in [7, 11) is 0. The molecular formula is C18H29Cl2N5O3. The number of imidazole rings is 1. The highest BCUT2D eigenvalue weighted by atomic mass is 35.5. The van der Waals surface area contributed by atoms with E-state index < -0.39 is 6.10 Å². The molecule has 0 bridgehead atoms. The van der Waals surface area contributed by atoms with E-state index in [2.05, 4.69) is 15.3 Å². The predicted molar refractivity (Wildman–Crippen MR) is 109 cm³/mol. The van der Waals surface area contributed by atoms with E-state index >= 15 is 0 Å². The molecule has 1 aromatic heterocycles. The van der Waals surface area contributed by atoms with Gasteiger partial charge in [0.2, 0.25) is 5.91 Å². The molecule has 10 heteroatoms. The fourth-order valence-electron chi connectivity index (χ4n) is 4.56. The molecule has 3 aliphatic heterocycles. The lowest BCUT2D eigenvalue weighted by molar-refractivity contribution is -0.151. The minimum Gasteiger partial charge on any atom is -0.366 e. The van der Waals surface area contributed by atoms with E-state index in [1.165, 1.54) is 0 Å². The third-order valence-electron chi connectivity index (χ3n) is 5.97.